The molecule has 0 aliphatic heterocycles. The minimum Gasteiger partial charge on any atom is -0.468 e. The van der Waals surface area contributed by atoms with E-state index in [4.69, 9.17) is 0 Å². The number of ether oxygens (including phenoxy) is 1. The van der Waals surface area contributed by atoms with E-state index in [0.717, 1.165) is 11.9 Å². The summed E-state index contributed by atoms with van der Waals surface area (Å²) in [5, 5.41) is 2.68. The van der Waals surface area contributed by atoms with Gasteiger partial charge in [-0.3, -0.25) is 4.79 Å². The fourth-order valence-corrected chi connectivity index (χ4v) is 1.94. The molecule has 0 unspecified atom stereocenters. The van der Waals surface area contributed by atoms with Crippen LogP contribution in [0.2, 0.25) is 0 Å². The van der Waals surface area contributed by atoms with Crippen molar-refractivity contribution in [2.75, 3.05) is 25.6 Å². The highest BCUT2D eigenvalue weighted by atomic mass is 19.4. The quantitative estimate of drug-likeness (QED) is 0.840. The highest BCUT2D eigenvalue weighted by Gasteiger charge is 2.28. The highest BCUT2D eigenvalue weighted by molar-refractivity contribution is 5.93. The van der Waals surface area contributed by atoms with Gasteiger partial charge < -0.3 is 15.0 Å². The lowest BCUT2D eigenvalue weighted by Crippen LogP contribution is -2.24. The standard InChI is InChI=1S/C16H18F3N5O2/c1-10-6-12(23-15(22-10)24(2)3)8-21-14(25)11-4-5-13(20-7-11)26-9-16(17,18)19/h4-7H,8-9H2,1-3H3,(H,21,25). The summed E-state index contributed by atoms with van der Waals surface area (Å²) in [6.45, 7) is 0.561. The summed E-state index contributed by atoms with van der Waals surface area (Å²) >= 11 is 0. The molecule has 2 aromatic rings. The number of carbonyl (C=O) groups is 1. The Hall–Kier alpha value is -2.91. The van der Waals surface area contributed by atoms with Gasteiger partial charge in [0.2, 0.25) is 11.8 Å². The van der Waals surface area contributed by atoms with Gasteiger partial charge >= 0.3 is 6.18 Å². The molecule has 2 heterocycles. The molecule has 0 aromatic carbocycles. The second-order valence-electron chi connectivity index (χ2n) is 5.67. The first kappa shape index (κ1) is 19.4. The number of nitrogens with one attached hydrogen (secondary N) is 1. The lowest BCUT2D eigenvalue weighted by atomic mass is 10.2. The number of aryl methyl sites for hydroxylation is 1. The Morgan fingerprint density at radius 3 is 2.58 bits per heavy atom. The third-order valence-corrected chi connectivity index (χ3v) is 3.11. The van der Waals surface area contributed by atoms with Gasteiger partial charge in [-0.1, -0.05) is 0 Å². The molecule has 0 bridgehead atoms. The van der Waals surface area contributed by atoms with Crippen LogP contribution in [0.15, 0.2) is 24.4 Å². The summed E-state index contributed by atoms with van der Waals surface area (Å²) in [6.07, 6.45) is -3.30. The number of alkyl halides is 3. The fraction of sp³-hybridized carbons (Fsp3) is 0.375. The van der Waals surface area contributed by atoms with Crippen molar-refractivity contribution in [2.45, 2.75) is 19.6 Å². The molecule has 10 heteroatoms. The van der Waals surface area contributed by atoms with Crippen LogP contribution in [0.5, 0.6) is 5.88 Å². The first-order chi connectivity index (χ1) is 12.1. The first-order valence-corrected chi connectivity index (χ1v) is 7.60. The molecule has 0 saturated heterocycles. The SMILES string of the molecule is Cc1cc(CNC(=O)c2ccc(OCC(F)(F)F)nc2)nc(N(C)C)n1. The summed E-state index contributed by atoms with van der Waals surface area (Å²) in [7, 11) is 3.62. The predicted molar refractivity (Wildman–Crippen MR) is 88.1 cm³/mol. The number of amides is 1. The molecule has 1 amide bonds. The van der Waals surface area contributed by atoms with E-state index >= 15 is 0 Å². The van der Waals surface area contributed by atoms with Gasteiger partial charge in [-0.05, 0) is 19.1 Å². The van der Waals surface area contributed by atoms with Crippen molar-refractivity contribution in [2.24, 2.45) is 0 Å². The molecule has 0 fully saturated rings. The summed E-state index contributed by atoms with van der Waals surface area (Å²) in [5.41, 5.74) is 1.59. The van der Waals surface area contributed by atoms with Crippen molar-refractivity contribution >= 4 is 11.9 Å². The van der Waals surface area contributed by atoms with Crippen LogP contribution in [-0.4, -0.2) is 47.7 Å². The molecular weight excluding hydrogens is 351 g/mol. The molecule has 0 aliphatic rings. The monoisotopic (exact) mass is 369 g/mol. The predicted octanol–water partition coefficient (Wildman–Crippen LogP) is 2.12. The smallest absolute Gasteiger partial charge is 0.422 e. The van der Waals surface area contributed by atoms with Gasteiger partial charge in [-0.25, -0.2) is 15.0 Å². The van der Waals surface area contributed by atoms with Crippen molar-refractivity contribution in [3.63, 3.8) is 0 Å². The maximum Gasteiger partial charge on any atom is 0.422 e. The van der Waals surface area contributed by atoms with E-state index in [-0.39, 0.29) is 18.0 Å². The van der Waals surface area contributed by atoms with Crippen LogP contribution in [0.25, 0.3) is 0 Å². The van der Waals surface area contributed by atoms with Crippen LogP contribution in [0, 0.1) is 6.92 Å². The summed E-state index contributed by atoms with van der Waals surface area (Å²) in [5.74, 6) is -0.106. The number of anilines is 1. The van der Waals surface area contributed by atoms with Crippen molar-refractivity contribution in [3.8, 4) is 5.88 Å². The first-order valence-electron chi connectivity index (χ1n) is 7.60. The van der Waals surface area contributed by atoms with E-state index < -0.39 is 18.7 Å². The van der Waals surface area contributed by atoms with Crippen molar-refractivity contribution in [3.05, 3.63) is 41.3 Å². The minimum atomic E-state index is -4.45. The lowest BCUT2D eigenvalue weighted by molar-refractivity contribution is -0.154. The Morgan fingerprint density at radius 2 is 2.00 bits per heavy atom. The number of hydrogen-bond acceptors (Lipinski definition) is 6. The molecule has 7 nitrogen and oxygen atoms in total. The molecule has 2 rings (SSSR count). The lowest BCUT2D eigenvalue weighted by Gasteiger charge is -2.13. The van der Waals surface area contributed by atoms with Crippen LogP contribution in [-0.2, 0) is 6.54 Å². The van der Waals surface area contributed by atoms with Crippen LogP contribution in [0.1, 0.15) is 21.7 Å². The van der Waals surface area contributed by atoms with Crippen molar-refractivity contribution in [1.29, 1.82) is 0 Å². The average Bonchev–Trinajstić information content (AvgIpc) is 2.57. The zero-order valence-electron chi connectivity index (χ0n) is 14.5. The second kappa shape index (κ2) is 7.98. The summed E-state index contributed by atoms with van der Waals surface area (Å²) < 4.78 is 40.8. The fourth-order valence-electron chi connectivity index (χ4n) is 1.94. The van der Waals surface area contributed by atoms with E-state index in [1.54, 1.807) is 11.0 Å². The number of hydrogen-bond donors (Lipinski definition) is 1. The molecule has 140 valence electrons. The average molecular weight is 369 g/mol. The Balaban J connectivity index is 1.96. The number of nitrogens with zero attached hydrogens (tertiary/aromatic N) is 4. The molecule has 0 aliphatic carbocycles. The van der Waals surface area contributed by atoms with Gasteiger partial charge in [0.25, 0.3) is 5.91 Å². The number of pyridine rings is 1. The third kappa shape index (κ3) is 5.87. The van der Waals surface area contributed by atoms with E-state index in [9.17, 15) is 18.0 Å². The van der Waals surface area contributed by atoms with Gasteiger partial charge in [0.1, 0.15) is 0 Å². The van der Waals surface area contributed by atoms with Crippen LogP contribution >= 0.6 is 0 Å². The second-order valence-corrected chi connectivity index (χ2v) is 5.67. The normalized spacial score (nSPS) is 11.2. The number of rotatable bonds is 6. The Kier molecular flexibility index (Phi) is 5.96. The molecule has 0 atom stereocenters. The van der Waals surface area contributed by atoms with Crippen molar-refractivity contribution in [1.82, 2.24) is 20.3 Å². The molecule has 1 N–H and O–H groups in total. The Bertz CT molecular complexity index is 763. The Labute approximate surface area is 148 Å². The number of halogens is 3. The van der Waals surface area contributed by atoms with Crippen LogP contribution in [0.4, 0.5) is 19.1 Å². The molecular formula is C16H18F3N5O2. The number of carbonyl (C=O) groups excluding carboxylic acids is 1. The molecule has 0 radical (unpaired) electrons. The van der Waals surface area contributed by atoms with Gasteiger partial charge in [-0.15, -0.1) is 0 Å². The van der Waals surface area contributed by atoms with Gasteiger partial charge in [0.15, 0.2) is 6.61 Å². The minimum absolute atomic E-state index is 0.176. The zero-order valence-corrected chi connectivity index (χ0v) is 14.5. The summed E-state index contributed by atoms with van der Waals surface area (Å²) in [4.78, 5) is 26.1. The van der Waals surface area contributed by atoms with Crippen molar-refractivity contribution < 1.29 is 22.7 Å². The zero-order chi connectivity index (χ0) is 19.3. The Morgan fingerprint density at radius 1 is 1.27 bits per heavy atom. The maximum atomic E-state index is 12.1. The van der Waals surface area contributed by atoms with Gasteiger partial charge in [-0.2, -0.15) is 13.2 Å². The van der Waals surface area contributed by atoms with E-state index in [0.29, 0.717) is 11.6 Å². The molecule has 2 aromatic heterocycles. The maximum absolute atomic E-state index is 12.1. The van der Waals surface area contributed by atoms with Gasteiger partial charge in [0.05, 0.1) is 17.8 Å². The highest BCUT2D eigenvalue weighted by Crippen LogP contribution is 2.17. The molecule has 0 spiro atoms. The largest absolute Gasteiger partial charge is 0.468 e. The summed E-state index contributed by atoms with van der Waals surface area (Å²) in [6, 6.07) is 4.30. The molecule has 26 heavy (non-hydrogen) atoms. The third-order valence-electron chi connectivity index (χ3n) is 3.11. The van der Waals surface area contributed by atoms with E-state index in [1.165, 1.54) is 12.1 Å². The van der Waals surface area contributed by atoms with E-state index in [1.807, 2.05) is 21.0 Å². The number of aromatic nitrogens is 3. The van der Waals surface area contributed by atoms with E-state index in [2.05, 4.69) is 25.0 Å². The topological polar surface area (TPSA) is 80.2 Å². The van der Waals surface area contributed by atoms with Crippen LogP contribution in [0.3, 0.4) is 0 Å². The molecule has 0 saturated carbocycles. The van der Waals surface area contributed by atoms with Gasteiger partial charge in [0, 0.05) is 32.1 Å². The van der Waals surface area contributed by atoms with Crippen LogP contribution < -0.4 is 15.0 Å².